The number of aromatic amines is 1. The average Bonchev–Trinajstić information content (AvgIpc) is 2.46. The van der Waals surface area contributed by atoms with Crippen molar-refractivity contribution in [2.24, 2.45) is 5.73 Å². The summed E-state index contributed by atoms with van der Waals surface area (Å²) in [5.41, 5.74) is 4.51. The van der Waals surface area contributed by atoms with E-state index in [0.717, 1.165) is 6.20 Å². The zero-order chi connectivity index (χ0) is 10.8. The van der Waals surface area contributed by atoms with Gasteiger partial charge in [0.05, 0.1) is 6.20 Å². The van der Waals surface area contributed by atoms with E-state index in [2.05, 4.69) is 5.10 Å². The monoisotopic (exact) mass is 205 g/mol. The van der Waals surface area contributed by atoms with Gasteiger partial charge in [-0.3, -0.25) is 5.10 Å². The molecule has 3 N–H and O–H groups in total. The Bertz CT molecular complexity index is 325. The number of nitrogens with zero attached hydrogens (tertiary/aromatic N) is 1. The van der Waals surface area contributed by atoms with Gasteiger partial charge >= 0.3 is 6.18 Å². The molecule has 1 atom stereocenters. The van der Waals surface area contributed by atoms with Gasteiger partial charge in [0, 0.05) is 11.6 Å². The van der Waals surface area contributed by atoms with Crippen LogP contribution in [0.5, 0.6) is 0 Å². The lowest BCUT2D eigenvalue weighted by Gasteiger charge is -2.03. The van der Waals surface area contributed by atoms with E-state index in [4.69, 9.17) is 5.73 Å². The maximum absolute atomic E-state index is 12.3. The SMILES string of the molecule is CC(N)/C=C/c1cn[nH]c1C(F)(F)F. The van der Waals surface area contributed by atoms with Crippen LogP contribution in [-0.2, 0) is 6.18 Å². The number of rotatable bonds is 2. The summed E-state index contributed by atoms with van der Waals surface area (Å²) in [6.45, 7) is 1.67. The minimum Gasteiger partial charge on any atom is -0.325 e. The number of hydrogen-bond donors (Lipinski definition) is 2. The minimum atomic E-state index is -4.41. The molecule has 0 saturated heterocycles. The second kappa shape index (κ2) is 3.83. The molecular weight excluding hydrogens is 195 g/mol. The Morgan fingerprint density at radius 3 is 2.71 bits per heavy atom. The van der Waals surface area contributed by atoms with Gasteiger partial charge in [0.15, 0.2) is 0 Å². The Labute approximate surface area is 78.8 Å². The first-order valence-electron chi connectivity index (χ1n) is 3.95. The highest BCUT2D eigenvalue weighted by Crippen LogP contribution is 2.30. The molecule has 1 unspecified atom stereocenters. The van der Waals surface area contributed by atoms with E-state index in [1.807, 2.05) is 5.10 Å². The molecule has 1 heterocycles. The first kappa shape index (κ1) is 10.8. The molecule has 0 aliphatic heterocycles. The lowest BCUT2D eigenvalue weighted by atomic mass is 10.2. The van der Waals surface area contributed by atoms with Crippen molar-refractivity contribution in [2.45, 2.75) is 19.1 Å². The molecular formula is C8H10F3N3. The molecule has 0 saturated carbocycles. The van der Waals surface area contributed by atoms with Crippen LogP contribution >= 0.6 is 0 Å². The van der Waals surface area contributed by atoms with Crippen LogP contribution in [0.2, 0.25) is 0 Å². The fourth-order valence-electron chi connectivity index (χ4n) is 0.904. The van der Waals surface area contributed by atoms with E-state index in [1.54, 1.807) is 6.92 Å². The third kappa shape index (κ3) is 2.59. The van der Waals surface area contributed by atoms with Crippen LogP contribution < -0.4 is 5.73 Å². The summed E-state index contributed by atoms with van der Waals surface area (Å²) >= 11 is 0. The lowest BCUT2D eigenvalue weighted by molar-refractivity contribution is -0.141. The minimum absolute atomic E-state index is 0.00481. The first-order chi connectivity index (χ1) is 6.41. The molecule has 1 aromatic heterocycles. The molecule has 0 aliphatic rings. The van der Waals surface area contributed by atoms with Gasteiger partial charge in [0.25, 0.3) is 0 Å². The van der Waals surface area contributed by atoms with Crippen LogP contribution in [0.25, 0.3) is 6.08 Å². The third-order valence-electron chi connectivity index (χ3n) is 1.53. The molecule has 0 spiro atoms. The van der Waals surface area contributed by atoms with Gasteiger partial charge in [-0.1, -0.05) is 12.2 Å². The summed E-state index contributed by atoms with van der Waals surface area (Å²) in [7, 11) is 0. The van der Waals surface area contributed by atoms with Gasteiger partial charge in [-0.05, 0) is 6.92 Å². The fourth-order valence-corrected chi connectivity index (χ4v) is 0.904. The van der Waals surface area contributed by atoms with Crippen molar-refractivity contribution < 1.29 is 13.2 Å². The van der Waals surface area contributed by atoms with E-state index >= 15 is 0 Å². The summed E-state index contributed by atoms with van der Waals surface area (Å²) in [6, 6.07) is -0.286. The van der Waals surface area contributed by atoms with Crippen LogP contribution in [0.15, 0.2) is 12.3 Å². The highest BCUT2D eigenvalue weighted by Gasteiger charge is 2.34. The molecule has 0 radical (unpaired) electrons. The highest BCUT2D eigenvalue weighted by molar-refractivity contribution is 5.52. The number of alkyl halides is 3. The molecule has 14 heavy (non-hydrogen) atoms. The third-order valence-corrected chi connectivity index (χ3v) is 1.53. The van der Waals surface area contributed by atoms with Crippen LogP contribution in [0.3, 0.4) is 0 Å². The Morgan fingerprint density at radius 2 is 2.21 bits per heavy atom. The Hall–Kier alpha value is -1.30. The standard InChI is InChI=1S/C8H10F3N3/c1-5(12)2-3-6-4-13-14-7(6)8(9,10)11/h2-5H,12H2,1H3,(H,13,14)/b3-2+. The highest BCUT2D eigenvalue weighted by atomic mass is 19.4. The summed E-state index contributed by atoms with van der Waals surface area (Å²) < 4.78 is 36.8. The molecule has 3 nitrogen and oxygen atoms in total. The van der Waals surface area contributed by atoms with Crippen molar-refractivity contribution >= 4 is 6.08 Å². The van der Waals surface area contributed by atoms with Crippen molar-refractivity contribution in [2.75, 3.05) is 0 Å². The Morgan fingerprint density at radius 1 is 1.57 bits per heavy atom. The van der Waals surface area contributed by atoms with E-state index in [-0.39, 0.29) is 11.6 Å². The second-order valence-electron chi connectivity index (χ2n) is 2.92. The zero-order valence-electron chi connectivity index (χ0n) is 7.47. The van der Waals surface area contributed by atoms with Gasteiger partial charge in [0.1, 0.15) is 5.69 Å². The molecule has 1 rings (SSSR count). The van der Waals surface area contributed by atoms with Gasteiger partial charge in [0.2, 0.25) is 0 Å². The number of aromatic nitrogens is 2. The Balaban J connectivity index is 2.94. The molecule has 0 fully saturated rings. The van der Waals surface area contributed by atoms with Crippen molar-refractivity contribution in [3.05, 3.63) is 23.5 Å². The molecule has 1 aromatic rings. The number of H-pyrrole nitrogens is 1. The Kier molecular flexibility index (Phi) is 2.95. The molecule has 78 valence electrons. The number of hydrogen-bond acceptors (Lipinski definition) is 2. The predicted molar refractivity (Wildman–Crippen MR) is 46.3 cm³/mol. The summed E-state index contributed by atoms with van der Waals surface area (Å²) in [5.74, 6) is 0. The molecule has 0 aromatic carbocycles. The maximum Gasteiger partial charge on any atom is 0.433 e. The molecule has 0 amide bonds. The van der Waals surface area contributed by atoms with E-state index in [1.165, 1.54) is 12.2 Å². The molecule has 0 bridgehead atoms. The largest absolute Gasteiger partial charge is 0.433 e. The lowest BCUT2D eigenvalue weighted by Crippen LogP contribution is -2.11. The predicted octanol–water partition coefficient (Wildman–Crippen LogP) is 1.79. The number of nitrogens with one attached hydrogen (secondary N) is 1. The van der Waals surface area contributed by atoms with E-state index < -0.39 is 11.9 Å². The van der Waals surface area contributed by atoms with Crippen molar-refractivity contribution in [1.29, 1.82) is 0 Å². The van der Waals surface area contributed by atoms with E-state index in [9.17, 15) is 13.2 Å². The smallest absolute Gasteiger partial charge is 0.325 e. The maximum atomic E-state index is 12.3. The van der Waals surface area contributed by atoms with Crippen molar-refractivity contribution in [3.8, 4) is 0 Å². The number of nitrogens with two attached hydrogens (primary N) is 1. The first-order valence-corrected chi connectivity index (χ1v) is 3.95. The summed E-state index contributed by atoms with van der Waals surface area (Å²) in [5, 5.41) is 5.23. The van der Waals surface area contributed by atoms with Gasteiger partial charge < -0.3 is 5.73 Å². The second-order valence-corrected chi connectivity index (χ2v) is 2.92. The van der Waals surface area contributed by atoms with Crippen LogP contribution in [-0.4, -0.2) is 16.2 Å². The zero-order valence-corrected chi connectivity index (χ0v) is 7.47. The van der Waals surface area contributed by atoms with Crippen molar-refractivity contribution in [1.82, 2.24) is 10.2 Å². The topological polar surface area (TPSA) is 54.7 Å². The average molecular weight is 205 g/mol. The van der Waals surface area contributed by atoms with Gasteiger partial charge in [-0.25, -0.2) is 0 Å². The summed E-state index contributed by atoms with van der Waals surface area (Å²) in [4.78, 5) is 0. The van der Waals surface area contributed by atoms with Crippen molar-refractivity contribution in [3.63, 3.8) is 0 Å². The van der Waals surface area contributed by atoms with E-state index in [0.29, 0.717) is 0 Å². The fraction of sp³-hybridized carbons (Fsp3) is 0.375. The molecule has 0 aliphatic carbocycles. The number of halogens is 3. The van der Waals surface area contributed by atoms with Crippen LogP contribution in [0.1, 0.15) is 18.2 Å². The quantitative estimate of drug-likeness (QED) is 0.773. The molecule has 6 heteroatoms. The van der Waals surface area contributed by atoms with Gasteiger partial charge in [-0.15, -0.1) is 0 Å². The van der Waals surface area contributed by atoms with Crippen LogP contribution in [0.4, 0.5) is 13.2 Å². The normalized spacial score (nSPS) is 14.9. The van der Waals surface area contributed by atoms with Crippen LogP contribution in [0, 0.1) is 0 Å². The summed E-state index contributed by atoms with van der Waals surface area (Å²) in [6.07, 6.45) is -0.521. The van der Waals surface area contributed by atoms with Gasteiger partial charge in [-0.2, -0.15) is 18.3 Å².